The third kappa shape index (κ3) is 2.28. The fourth-order valence-electron chi connectivity index (χ4n) is 2.03. The molecule has 2 heterocycles. The maximum atomic E-state index is 11.6. The predicted molar refractivity (Wildman–Crippen MR) is 53.4 cm³/mol. The molecule has 0 bridgehead atoms. The lowest BCUT2D eigenvalue weighted by Crippen LogP contribution is -2.46. The highest BCUT2D eigenvalue weighted by atomic mass is 16.4. The van der Waals surface area contributed by atoms with E-state index in [0.29, 0.717) is 19.5 Å². The second kappa shape index (κ2) is 4.18. The number of hydrogen-bond acceptors (Lipinski definition) is 3. The molecule has 0 spiro atoms. The van der Waals surface area contributed by atoms with Crippen LogP contribution in [0.25, 0.3) is 0 Å². The first-order valence-electron chi connectivity index (χ1n) is 5.40. The third-order valence-corrected chi connectivity index (χ3v) is 3.19. The van der Waals surface area contributed by atoms with Gasteiger partial charge in [-0.3, -0.25) is 14.5 Å². The van der Waals surface area contributed by atoms with Crippen molar-refractivity contribution in [3.8, 4) is 0 Å². The number of carbonyl (C=O) groups is 2. The largest absolute Gasteiger partial charge is 0.481 e. The first kappa shape index (κ1) is 10.4. The summed E-state index contributed by atoms with van der Waals surface area (Å²) in [5, 5.41) is 8.81. The smallest absolute Gasteiger partial charge is 0.307 e. The molecular weight excluding hydrogens is 196 g/mol. The molecule has 0 aromatic heterocycles. The Morgan fingerprint density at radius 2 is 2.00 bits per heavy atom. The van der Waals surface area contributed by atoms with Crippen molar-refractivity contribution in [3.63, 3.8) is 0 Å². The monoisotopic (exact) mass is 212 g/mol. The van der Waals surface area contributed by atoms with Gasteiger partial charge in [0.25, 0.3) is 0 Å². The zero-order valence-corrected chi connectivity index (χ0v) is 8.69. The molecule has 0 radical (unpaired) electrons. The van der Waals surface area contributed by atoms with Gasteiger partial charge in [-0.15, -0.1) is 0 Å². The van der Waals surface area contributed by atoms with Crippen molar-refractivity contribution in [3.05, 3.63) is 0 Å². The predicted octanol–water partition coefficient (Wildman–Crippen LogP) is -0.375. The van der Waals surface area contributed by atoms with E-state index >= 15 is 0 Å². The molecule has 0 aromatic carbocycles. The molecule has 15 heavy (non-hydrogen) atoms. The lowest BCUT2D eigenvalue weighted by atomic mass is 10.1. The zero-order chi connectivity index (χ0) is 10.8. The van der Waals surface area contributed by atoms with E-state index in [1.807, 2.05) is 9.80 Å². The minimum atomic E-state index is -0.742. The van der Waals surface area contributed by atoms with Crippen LogP contribution in [-0.2, 0) is 9.59 Å². The number of nitrogens with zero attached hydrogens (tertiary/aromatic N) is 2. The van der Waals surface area contributed by atoms with E-state index in [0.717, 1.165) is 26.1 Å². The molecule has 2 aliphatic rings. The summed E-state index contributed by atoms with van der Waals surface area (Å²) in [5.41, 5.74) is 0. The number of amides is 1. The Morgan fingerprint density at radius 1 is 1.27 bits per heavy atom. The van der Waals surface area contributed by atoms with Gasteiger partial charge in [0.05, 0.1) is 12.5 Å². The number of rotatable bonds is 3. The maximum Gasteiger partial charge on any atom is 0.307 e. The summed E-state index contributed by atoms with van der Waals surface area (Å²) in [4.78, 5) is 26.1. The fourth-order valence-corrected chi connectivity index (χ4v) is 2.03. The van der Waals surface area contributed by atoms with Gasteiger partial charge in [0.1, 0.15) is 0 Å². The molecule has 0 aliphatic carbocycles. The average Bonchev–Trinajstić information content (AvgIpc) is 2.48. The van der Waals surface area contributed by atoms with Gasteiger partial charge in [0.2, 0.25) is 5.91 Å². The Balaban J connectivity index is 1.76. The van der Waals surface area contributed by atoms with Crippen molar-refractivity contribution in [1.82, 2.24) is 9.80 Å². The van der Waals surface area contributed by atoms with Gasteiger partial charge in [0, 0.05) is 19.6 Å². The minimum Gasteiger partial charge on any atom is -0.481 e. The number of aliphatic carboxylic acids is 1. The minimum absolute atomic E-state index is 0.146. The van der Waals surface area contributed by atoms with Crippen LogP contribution in [0.5, 0.6) is 0 Å². The molecule has 0 saturated carbocycles. The Hall–Kier alpha value is -1.10. The van der Waals surface area contributed by atoms with Crippen molar-refractivity contribution in [1.29, 1.82) is 0 Å². The van der Waals surface area contributed by atoms with Gasteiger partial charge < -0.3 is 10.0 Å². The summed E-state index contributed by atoms with van der Waals surface area (Å²) in [7, 11) is 0. The van der Waals surface area contributed by atoms with Crippen LogP contribution in [0.3, 0.4) is 0 Å². The van der Waals surface area contributed by atoms with E-state index < -0.39 is 5.97 Å². The van der Waals surface area contributed by atoms with Gasteiger partial charge in [-0.25, -0.2) is 0 Å². The molecule has 1 unspecified atom stereocenters. The van der Waals surface area contributed by atoms with Gasteiger partial charge in [-0.2, -0.15) is 0 Å². The highest BCUT2D eigenvalue weighted by Gasteiger charge is 2.30. The summed E-state index contributed by atoms with van der Waals surface area (Å²) in [6.07, 6.45) is 1.77. The molecule has 2 fully saturated rings. The Bertz CT molecular complexity index is 276. The van der Waals surface area contributed by atoms with Crippen molar-refractivity contribution in [2.75, 3.05) is 32.7 Å². The second-order valence-electron chi connectivity index (χ2n) is 4.29. The third-order valence-electron chi connectivity index (χ3n) is 3.19. The Morgan fingerprint density at radius 3 is 2.47 bits per heavy atom. The van der Waals surface area contributed by atoms with E-state index in [1.165, 1.54) is 0 Å². The van der Waals surface area contributed by atoms with E-state index in [-0.39, 0.29) is 11.8 Å². The summed E-state index contributed by atoms with van der Waals surface area (Å²) >= 11 is 0. The zero-order valence-electron chi connectivity index (χ0n) is 8.69. The Labute approximate surface area is 88.6 Å². The van der Waals surface area contributed by atoms with Gasteiger partial charge in [-0.1, -0.05) is 0 Å². The van der Waals surface area contributed by atoms with Crippen molar-refractivity contribution < 1.29 is 14.7 Å². The van der Waals surface area contributed by atoms with Crippen molar-refractivity contribution in [2.24, 2.45) is 5.92 Å². The number of hydrogen-bond donors (Lipinski definition) is 1. The first-order valence-corrected chi connectivity index (χ1v) is 5.40. The molecule has 2 saturated heterocycles. The molecule has 1 amide bonds. The Kier molecular flexibility index (Phi) is 2.90. The molecule has 5 heteroatoms. The molecular formula is C10H16N2O3. The number of carbonyl (C=O) groups excluding carboxylic acids is 1. The normalized spacial score (nSPS) is 26.4. The molecule has 1 atom stereocenters. The first-order chi connectivity index (χ1) is 7.16. The highest BCUT2D eigenvalue weighted by molar-refractivity contribution is 5.79. The number of carboxylic acid groups (broad SMARTS) is 1. The lowest BCUT2D eigenvalue weighted by Gasteiger charge is -2.32. The van der Waals surface area contributed by atoms with Crippen molar-refractivity contribution >= 4 is 11.9 Å². The molecule has 1 N–H and O–H groups in total. The van der Waals surface area contributed by atoms with Crippen LogP contribution in [0.15, 0.2) is 0 Å². The summed E-state index contributed by atoms with van der Waals surface area (Å²) in [6.45, 7) is 3.39. The summed E-state index contributed by atoms with van der Waals surface area (Å²) < 4.78 is 0. The van der Waals surface area contributed by atoms with Crippen LogP contribution in [0.1, 0.15) is 12.8 Å². The lowest BCUT2D eigenvalue weighted by molar-refractivity contribution is -0.142. The fraction of sp³-hybridized carbons (Fsp3) is 0.800. The van der Waals surface area contributed by atoms with Crippen LogP contribution < -0.4 is 0 Å². The SMILES string of the molecule is O=C(O)C1CCN(CC(=O)N2CCC2)C1. The topological polar surface area (TPSA) is 60.9 Å². The average molecular weight is 212 g/mol. The van der Waals surface area contributed by atoms with Gasteiger partial charge in [-0.05, 0) is 19.4 Å². The molecule has 2 aliphatic heterocycles. The quantitative estimate of drug-likeness (QED) is 0.693. The van der Waals surface area contributed by atoms with Crippen LogP contribution in [-0.4, -0.2) is 59.5 Å². The van der Waals surface area contributed by atoms with E-state index in [9.17, 15) is 9.59 Å². The number of likely N-dealkylation sites (tertiary alicyclic amines) is 2. The van der Waals surface area contributed by atoms with Crippen LogP contribution in [0.4, 0.5) is 0 Å². The second-order valence-corrected chi connectivity index (χ2v) is 4.29. The summed E-state index contributed by atoms with van der Waals surface area (Å²) in [5.74, 6) is -0.879. The highest BCUT2D eigenvalue weighted by Crippen LogP contribution is 2.16. The van der Waals surface area contributed by atoms with Crippen LogP contribution in [0, 0.1) is 5.92 Å². The van der Waals surface area contributed by atoms with E-state index in [1.54, 1.807) is 0 Å². The van der Waals surface area contributed by atoms with Crippen LogP contribution in [0.2, 0.25) is 0 Å². The van der Waals surface area contributed by atoms with E-state index in [4.69, 9.17) is 5.11 Å². The van der Waals surface area contributed by atoms with Crippen LogP contribution >= 0.6 is 0 Å². The maximum absolute atomic E-state index is 11.6. The molecule has 0 aromatic rings. The summed E-state index contributed by atoms with van der Waals surface area (Å²) in [6, 6.07) is 0. The standard InChI is InChI=1S/C10H16N2O3/c13-9(12-3-1-4-12)7-11-5-2-8(6-11)10(14)15/h8H,1-7H2,(H,14,15). The number of carboxylic acids is 1. The molecule has 5 nitrogen and oxygen atoms in total. The van der Waals surface area contributed by atoms with Gasteiger partial charge in [0.15, 0.2) is 0 Å². The molecule has 2 rings (SSSR count). The van der Waals surface area contributed by atoms with Gasteiger partial charge >= 0.3 is 5.97 Å². The van der Waals surface area contributed by atoms with Crippen molar-refractivity contribution in [2.45, 2.75) is 12.8 Å². The van der Waals surface area contributed by atoms with E-state index in [2.05, 4.69) is 0 Å². The molecule has 84 valence electrons.